The third-order valence-corrected chi connectivity index (χ3v) is 5.46. The summed E-state index contributed by atoms with van der Waals surface area (Å²) in [4.78, 5) is 14.3. The lowest BCUT2D eigenvalue weighted by Crippen LogP contribution is -2.45. The van der Waals surface area contributed by atoms with Crippen LogP contribution in [0.3, 0.4) is 0 Å². The summed E-state index contributed by atoms with van der Waals surface area (Å²) in [7, 11) is 0. The first kappa shape index (κ1) is 18.5. The van der Waals surface area contributed by atoms with Crippen LogP contribution in [0.4, 0.5) is 0 Å². The second kappa shape index (κ2) is 8.45. The lowest BCUT2D eigenvalue weighted by atomic mass is 10.0. The van der Waals surface area contributed by atoms with E-state index in [0.29, 0.717) is 12.2 Å². The van der Waals surface area contributed by atoms with E-state index in [-0.39, 0.29) is 18.1 Å². The molecular weight excluding hydrogens is 352 g/mol. The average molecular weight is 376 g/mol. The maximum Gasteiger partial charge on any atom is 0.251 e. The Balaban J connectivity index is 1.30. The Bertz CT molecular complexity index is 841. The van der Waals surface area contributed by atoms with E-state index in [2.05, 4.69) is 6.07 Å². The molecule has 0 radical (unpaired) electrons. The van der Waals surface area contributed by atoms with Crippen LogP contribution in [0.1, 0.15) is 31.2 Å². The first-order chi connectivity index (χ1) is 13.7. The largest absolute Gasteiger partial charge is 0.490 e. The van der Waals surface area contributed by atoms with Crippen molar-refractivity contribution in [3.05, 3.63) is 54.1 Å². The second-order valence-corrected chi connectivity index (χ2v) is 7.36. The number of hydrogen-bond donors (Lipinski definition) is 0. The van der Waals surface area contributed by atoms with E-state index in [4.69, 9.17) is 14.7 Å². The zero-order chi connectivity index (χ0) is 19.3. The molecule has 1 amide bonds. The van der Waals surface area contributed by atoms with Gasteiger partial charge in [-0.1, -0.05) is 24.3 Å². The molecular formula is C23H24N2O3. The molecule has 0 spiro atoms. The normalized spacial score (nSPS) is 20.0. The van der Waals surface area contributed by atoms with E-state index in [9.17, 15) is 4.79 Å². The summed E-state index contributed by atoms with van der Waals surface area (Å²) in [5.41, 5.74) is 2.83. The average Bonchev–Trinajstić information content (AvgIpc) is 3.29. The molecule has 0 saturated carbocycles. The Kier molecular flexibility index (Phi) is 5.59. The number of carbonyl (C=O) groups excluding carboxylic acids is 1. The van der Waals surface area contributed by atoms with Gasteiger partial charge in [-0.15, -0.1) is 0 Å². The highest BCUT2D eigenvalue weighted by molar-refractivity contribution is 5.81. The SMILES string of the molecule is N#Cc1ccc(-c2ccc(OC3CCN(C(=O)C4CCCO4)CC3)cc2)cc1. The highest BCUT2D eigenvalue weighted by atomic mass is 16.5. The Hall–Kier alpha value is -2.84. The van der Waals surface area contributed by atoms with E-state index < -0.39 is 0 Å². The van der Waals surface area contributed by atoms with Crippen molar-refractivity contribution in [1.29, 1.82) is 5.26 Å². The number of carbonyl (C=O) groups is 1. The third kappa shape index (κ3) is 4.18. The number of benzene rings is 2. The number of rotatable bonds is 4. The zero-order valence-corrected chi connectivity index (χ0v) is 15.8. The van der Waals surface area contributed by atoms with Gasteiger partial charge in [-0.05, 0) is 48.2 Å². The van der Waals surface area contributed by atoms with Crippen molar-refractivity contribution in [1.82, 2.24) is 4.90 Å². The molecule has 0 aromatic heterocycles. The van der Waals surface area contributed by atoms with Crippen LogP contribution in [0.15, 0.2) is 48.5 Å². The predicted octanol–water partition coefficient (Wildman–Crippen LogP) is 3.77. The quantitative estimate of drug-likeness (QED) is 0.815. The van der Waals surface area contributed by atoms with Crippen LogP contribution in [0.5, 0.6) is 5.75 Å². The van der Waals surface area contributed by atoms with Crippen molar-refractivity contribution in [2.24, 2.45) is 0 Å². The van der Waals surface area contributed by atoms with Crippen molar-refractivity contribution in [2.75, 3.05) is 19.7 Å². The number of amides is 1. The van der Waals surface area contributed by atoms with Gasteiger partial charge >= 0.3 is 0 Å². The smallest absolute Gasteiger partial charge is 0.251 e. The van der Waals surface area contributed by atoms with Crippen molar-refractivity contribution >= 4 is 5.91 Å². The molecule has 144 valence electrons. The molecule has 0 N–H and O–H groups in total. The second-order valence-electron chi connectivity index (χ2n) is 7.36. The number of nitriles is 1. The molecule has 2 saturated heterocycles. The fraction of sp³-hybridized carbons (Fsp3) is 0.391. The van der Waals surface area contributed by atoms with E-state index in [1.807, 2.05) is 53.4 Å². The minimum atomic E-state index is -0.229. The highest BCUT2D eigenvalue weighted by Gasteiger charge is 2.31. The molecule has 2 aromatic carbocycles. The molecule has 2 aliphatic heterocycles. The Labute approximate surface area is 165 Å². The number of likely N-dealkylation sites (tertiary alicyclic amines) is 1. The van der Waals surface area contributed by atoms with Crippen LogP contribution in [-0.4, -0.2) is 42.7 Å². The zero-order valence-electron chi connectivity index (χ0n) is 15.8. The van der Waals surface area contributed by atoms with Crippen LogP contribution in [0.25, 0.3) is 11.1 Å². The summed E-state index contributed by atoms with van der Waals surface area (Å²) < 4.78 is 11.6. The maximum atomic E-state index is 12.4. The van der Waals surface area contributed by atoms with Gasteiger partial charge in [0, 0.05) is 32.5 Å². The van der Waals surface area contributed by atoms with Gasteiger partial charge in [0.15, 0.2) is 0 Å². The molecule has 5 heteroatoms. The van der Waals surface area contributed by atoms with Crippen LogP contribution in [0, 0.1) is 11.3 Å². The molecule has 2 aromatic rings. The fourth-order valence-electron chi connectivity index (χ4n) is 3.83. The molecule has 2 fully saturated rings. The van der Waals surface area contributed by atoms with Gasteiger partial charge in [-0.2, -0.15) is 5.26 Å². The molecule has 2 heterocycles. The number of nitrogens with zero attached hydrogens (tertiary/aromatic N) is 2. The highest BCUT2D eigenvalue weighted by Crippen LogP contribution is 2.25. The lowest BCUT2D eigenvalue weighted by Gasteiger charge is -2.33. The minimum Gasteiger partial charge on any atom is -0.490 e. The summed E-state index contributed by atoms with van der Waals surface area (Å²) in [6.45, 7) is 2.16. The molecule has 4 rings (SSSR count). The minimum absolute atomic E-state index is 0.134. The number of piperidine rings is 1. The molecule has 28 heavy (non-hydrogen) atoms. The lowest BCUT2D eigenvalue weighted by molar-refractivity contribution is -0.142. The van der Waals surface area contributed by atoms with Crippen LogP contribution < -0.4 is 4.74 Å². The maximum absolute atomic E-state index is 12.4. The molecule has 5 nitrogen and oxygen atoms in total. The summed E-state index contributed by atoms with van der Waals surface area (Å²) >= 11 is 0. The topological polar surface area (TPSA) is 62.6 Å². The van der Waals surface area contributed by atoms with Gasteiger partial charge in [-0.25, -0.2) is 0 Å². The van der Waals surface area contributed by atoms with E-state index in [1.54, 1.807) is 0 Å². The van der Waals surface area contributed by atoms with E-state index in [1.165, 1.54) is 0 Å². The van der Waals surface area contributed by atoms with Gasteiger partial charge in [-0.3, -0.25) is 4.79 Å². The Morgan fingerprint density at radius 3 is 2.21 bits per heavy atom. The van der Waals surface area contributed by atoms with Crippen LogP contribution in [-0.2, 0) is 9.53 Å². The Morgan fingerprint density at radius 1 is 1.00 bits per heavy atom. The third-order valence-electron chi connectivity index (χ3n) is 5.46. The summed E-state index contributed by atoms with van der Waals surface area (Å²) in [6, 6.07) is 17.7. The number of ether oxygens (including phenoxy) is 2. The summed E-state index contributed by atoms with van der Waals surface area (Å²) in [6.07, 6.45) is 3.42. The Morgan fingerprint density at radius 2 is 1.64 bits per heavy atom. The van der Waals surface area contributed by atoms with Crippen LogP contribution in [0.2, 0.25) is 0 Å². The molecule has 1 atom stereocenters. The van der Waals surface area contributed by atoms with Gasteiger partial charge in [0.25, 0.3) is 5.91 Å². The van der Waals surface area contributed by atoms with Gasteiger partial charge in [0.1, 0.15) is 18.0 Å². The standard InChI is InChI=1S/C23H24N2O3/c24-16-17-3-5-18(6-4-17)19-7-9-20(10-8-19)28-21-11-13-25(14-12-21)23(26)22-2-1-15-27-22/h3-10,21-22H,1-2,11-15H2. The molecule has 0 bridgehead atoms. The first-order valence-corrected chi connectivity index (χ1v) is 9.90. The summed E-state index contributed by atoms with van der Waals surface area (Å²) in [5.74, 6) is 0.990. The van der Waals surface area contributed by atoms with Crippen molar-refractivity contribution < 1.29 is 14.3 Å². The van der Waals surface area contributed by atoms with Gasteiger partial charge in [0.05, 0.1) is 11.6 Å². The van der Waals surface area contributed by atoms with Crippen molar-refractivity contribution in [3.63, 3.8) is 0 Å². The van der Waals surface area contributed by atoms with Crippen molar-refractivity contribution in [2.45, 2.75) is 37.9 Å². The fourth-order valence-corrected chi connectivity index (χ4v) is 3.83. The van der Waals surface area contributed by atoms with Crippen LogP contribution >= 0.6 is 0 Å². The van der Waals surface area contributed by atoms with Crippen molar-refractivity contribution in [3.8, 4) is 22.9 Å². The van der Waals surface area contributed by atoms with E-state index >= 15 is 0 Å². The molecule has 1 unspecified atom stereocenters. The summed E-state index contributed by atoms with van der Waals surface area (Å²) in [5, 5.41) is 8.90. The molecule has 2 aliphatic rings. The number of hydrogen-bond acceptors (Lipinski definition) is 4. The van der Waals surface area contributed by atoms with Gasteiger partial charge in [0.2, 0.25) is 0 Å². The molecule has 0 aliphatic carbocycles. The predicted molar refractivity (Wildman–Crippen MR) is 106 cm³/mol. The van der Waals surface area contributed by atoms with E-state index in [0.717, 1.165) is 55.6 Å². The van der Waals surface area contributed by atoms with Gasteiger partial charge < -0.3 is 14.4 Å². The first-order valence-electron chi connectivity index (χ1n) is 9.90. The monoisotopic (exact) mass is 376 g/mol.